The molecule has 2 heterocycles. The van der Waals surface area contributed by atoms with E-state index < -0.39 is 10.8 Å². The molecule has 0 atom stereocenters. The fraction of sp³-hybridized carbons (Fsp3) is 0.0137. The number of para-hydroxylation sites is 2. The summed E-state index contributed by atoms with van der Waals surface area (Å²) in [7, 11) is 0. The van der Waals surface area contributed by atoms with Gasteiger partial charge in [0.15, 0.2) is 0 Å². The summed E-state index contributed by atoms with van der Waals surface area (Å²) in [6.45, 7) is 0. The topological polar surface area (TPSA) is 32.8 Å². The summed E-state index contributed by atoms with van der Waals surface area (Å²) in [5.74, 6) is 0. The van der Waals surface area contributed by atoms with Crippen LogP contribution in [-0.4, -0.2) is 0 Å². The van der Waals surface area contributed by atoms with Crippen LogP contribution in [-0.2, 0) is 10.8 Å². The largest absolute Gasteiger partial charge is 0.456 e. The number of hydrogen-bond acceptors (Lipinski definition) is 4. The van der Waals surface area contributed by atoms with Crippen molar-refractivity contribution in [2.45, 2.75) is 10.8 Å². The zero-order chi connectivity index (χ0) is 98.1. The van der Waals surface area contributed by atoms with Crippen LogP contribution < -0.4 is 9.80 Å². The van der Waals surface area contributed by atoms with Gasteiger partial charge in [0.05, 0.1) is 22.2 Å². The maximum atomic E-state index is 6.89. The van der Waals surface area contributed by atoms with Crippen molar-refractivity contribution >= 4 is 143 Å². The summed E-state index contributed by atoms with van der Waals surface area (Å²) < 4.78 is 13.8. The molecule has 4 nitrogen and oxygen atoms in total. The minimum atomic E-state index is -0.649. The summed E-state index contributed by atoms with van der Waals surface area (Å²) in [6.07, 6.45) is 0. The number of fused-ring (bicyclic) bond motifs is 38. The molecule has 2 spiro atoms. The third kappa shape index (κ3) is 12.1. The van der Waals surface area contributed by atoms with E-state index in [2.05, 4.69) is 544 Å². The van der Waals surface area contributed by atoms with E-state index in [0.29, 0.717) is 0 Å². The van der Waals surface area contributed by atoms with Crippen molar-refractivity contribution in [1.82, 2.24) is 0 Å². The van der Waals surface area contributed by atoms with Crippen LogP contribution in [0.5, 0.6) is 0 Å². The Morgan fingerprint density at radius 2 is 0.387 bits per heavy atom. The minimum absolute atomic E-state index is 0.647. The normalized spacial score (nSPS) is 13.0. The van der Waals surface area contributed by atoms with Gasteiger partial charge in [0.25, 0.3) is 0 Å². The molecule has 0 fully saturated rings. The first-order valence-electron chi connectivity index (χ1n) is 52.0. The van der Waals surface area contributed by atoms with E-state index in [0.717, 1.165) is 145 Å². The lowest BCUT2D eigenvalue weighted by Gasteiger charge is -2.33. The van der Waals surface area contributed by atoms with Gasteiger partial charge in [0.1, 0.15) is 22.3 Å². The maximum absolute atomic E-state index is 6.89. The zero-order valence-electron chi connectivity index (χ0n) is 81.5. The molecule has 4 aliphatic rings. The van der Waals surface area contributed by atoms with Crippen LogP contribution in [0.3, 0.4) is 0 Å². The molecule has 0 saturated heterocycles. The van der Waals surface area contributed by atoms with Crippen molar-refractivity contribution in [1.29, 1.82) is 0 Å². The van der Waals surface area contributed by atoms with Crippen LogP contribution in [0.1, 0.15) is 44.5 Å². The first-order valence-corrected chi connectivity index (χ1v) is 52.0. The van der Waals surface area contributed by atoms with Crippen molar-refractivity contribution < 1.29 is 8.83 Å². The van der Waals surface area contributed by atoms with E-state index in [1.165, 1.54) is 165 Å². The van der Waals surface area contributed by atoms with Crippen molar-refractivity contribution in [3.8, 4) is 122 Å². The molecule has 0 unspecified atom stereocenters. The smallest absolute Gasteiger partial charge is 0.136 e. The van der Waals surface area contributed by atoms with Gasteiger partial charge in [-0.1, -0.05) is 413 Å². The second-order valence-corrected chi connectivity index (χ2v) is 40.9. The molecule has 150 heavy (non-hydrogen) atoms. The monoisotopic (exact) mass is 1900 g/mol. The fourth-order valence-electron chi connectivity index (χ4n) is 27.2. The SMILES string of the molecule is c1ccc(-c2cc(-c3ccc(N(c4ccc5c6ccccc6c6ccccc6c5c4)c4cc5c(cc4-c4cccc6oc7ccccc7c46)-c4ccccc4C54c5ccccc5-c5ccccc54)cc3)cc(-c3ccc4c5ccc(N(c6ccc(-c7ccccc7-c7ccccc7)cc6)c6cc7c(cc6-c6cccc8oc9ccccc9c68)-c6ccccc6C76c7ccccc7-c7ccccc76)cc5c5ccccc5c4c3)c2)cc1. The van der Waals surface area contributed by atoms with Gasteiger partial charge in [-0.15, -0.1) is 0 Å². The lowest BCUT2D eigenvalue weighted by atomic mass is 9.70. The average Bonchev–Trinajstić information content (AvgIpc) is 1.50. The fourth-order valence-corrected chi connectivity index (χ4v) is 27.2. The quantitative estimate of drug-likeness (QED) is 0.108. The number of rotatable bonds is 13. The molecule has 26 aromatic carbocycles. The number of anilines is 6. The third-order valence-corrected chi connectivity index (χ3v) is 33.4. The van der Waals surface area contributed by atoms with Crippen molar-refractivity contribution in [2.75, 3.05) is 9.80 Å². The lowest BCUT2D eigenvalue weighted by Crippen LogP contribution is -2.26. The summed E-state index contributed by atoms with van der Waals surface area (Å²) >= 11 is 0. The Labute approximate surface area is 866 Å². The summed E-state index contributed by atoms with van der Waals surface area (Å²) in [5, 5.41) is 18.6. The minimum Gasteiger partial charge on any atom is -0.456 e. The Bertz CT molecular complexity index is 10500. The van der Waals surface area contributed by atoms with Crippen molar-refractivity contribution in [2.24, 2.45) is 0 Å². The van der Waals surface area contributed by atoms with Gasteiger partial charge in [0, 0.05) is 55.4 Å². The van der Waals surface area contributed by atoms with Gasteiger partial charge in [-0.05, 0) is 342 Å². The zero-order valence-corrected chi connectivity index (χ0v) is 81.5. The van der Waals surface area contributed by atoms with Gasteiger partial charge in [-0.25, -0.2) is 0 Å². The van der Waals surface area contributed by atoms with E-state index in [9.17, 15) is 0 Å². The Kier molecular flexibility index (Phi) is 18.2. The van der Waals surface area contributed by atoms with E-state index in [1.807, 2.05) is 0 Å². The standard InChI is InChI=1S/C146H88N2O2/c1-3-33-89(34-4-1)94-79-95(90-65-70-97(71-66-90)147(99-74-77-110-105-41-10-9-39-103(105)104-40-11-12-42-106(104)123(110)83-99)137-87-135-125(85-127(137)118-53-31-63-141-143(118)120-51-21-29-61-139(120)149-141)116-49-19-27-59-133(116)145(135)129-55-23-15-45-112(129)113-46-16-24-56-130(113)145)81-96(80-94)93-69-76-109-111-78-75-100(84-124(111)108-44-14-13-43-107(108)122(109)82-93)148(98-72-67-92(68-73-98)102-38-8-7-37-101(102)91-35-5-2-6-36-91)138-88-136-126(86-128(138)119-54-32-64-142-144(119)121-52-22-30-62-140(121)150-142)117-50-20-28-60-134(117)146(136)131-57-25-17-47-114(131)115-48-18-26-58-132(115)146/h1-88H. The van der Waals surface area contributed by atoms with Gasteiger partial charge >= 0.3 is 0 Å². The number of furan rings is 2. The van der Waals surface area contributed by atoms with E-state index >= 15 is 0 Å². The molecule has 2 aromatic heterocycles. The highest BCUT2D eigenvalue weighted by Gasteiger charge is 2.54. The van der Waals surface area contributed by atoms with Crippen molar-refractivity contribution in [3.63, 3.8) is 0 Å². The van der Waals surface area contributed by atoms with Crippen LogP contribution in [0, 0.1) is 0 Å². The highest BCUT2D eigenvalue weighted by molar-refractivity contribution is 6.29. The molecule has 0 N–H and O–H groups in total. The molecule has 0 radical (unpaired) electrons. The second-order valence-electron chi connectivity index (χ2n) is 40.9. The Balaban J connectivity index is 0.585. The summed E-state index contributed by atoms with van der Waals surface area (Å²) in [4.78, 5) is 5.14. The molecule has 32 rings (SSSR count). The van der Waals surface area contributed by atoms with Crippen LogP contribution in [0.25, 0.3) is 231 Å². The highest BCUT2D eigenvalue weighted by atomic mass is 16.3. The molecule has 0 bridgehead atoms. The van der Waals surface area contributed by atoms with E-state index in [1.54, 1.807) is 0 Å². The van der Waals surface area contributed by atoms with Gasteiger partial charge in [-0.2, -0.15) is 0 Å². The van der Waals surface area contributed by atoms with Gasteiger partial charge < -0.3 is 18.6 Å². The first-order chi connectivity index (χ1) is 74.4. The predicted octanol–water partition coefficient (Wildman–Crippen LogP) is 39.7. The first kappa shape index (κ1) is 83.9. The Hall–Kier alpha value is -19.5. The van der Waals surface area contributed by atoms with Crippen molar-refractivity contribution in [3.05, 3.63) is 578 Å². The summed E-state index contributed by atoms with van der Waals surface area (Å²) in [6, 6.07) is 201. The van der Waals surface area contributed by atoms with E-state index in [4.69, 9.17) is 8.83 Å². The molecular formula is C146H88N2O2. The van der Waals surface area contributed by atoms with Gasteiger partial charge in [0.2, 0.25) is 0 Å². The van der Waals surface area contributed by atoms with Crippen LogP contribution in [0.4, 0.5) is 34.1 Å². The van der Waals surface area contributed by atoms with Gasteiger partial charge in [-0.3, -0.25) is 0 Å². The predicted molar refractivity (Wildman–Crippen MR) is 626 cm³/mol. The molecule has 0 amide bonds. The number of nitrogens with zero attached hydrogens (tertiary/aromatic N) is 2. The number of benzene rings is 26. The summed E-state index contributed by atoms with van der Waals surface area (Å²) in [5.41, 5.74) is 44.2. The molecule has 4 aliphatic carbocycles. The maximum Gasteiger partial charge on any atom is 0.136 e. The van der Waals surface area contributed by atoms with Crippen LogP contribution in [0.2, 0.25) is 0 Å². The second kappa shape index (κ2) is 32.5. The lowest BCUT2D eigenvalue weighted by molar-refractivity contribution is 0.668. The average molecular weight is 1900 g/mol. The Morgan fingerprint density at radius 3 is 0.780 bits per heavy atom. The highest BCUT2D eigenvalue weighted by Crippen LogP contribution is 2.68. The number of hydrogen-bond donors (Lipinski definition) is 0. The van der Waals surface area contributed by atoms with E-state index in [-0.39, 0.29) is 0 Å². The molecular weight excluding hydrogens is 1810 g/mol. The Morgan fingerprint density at radius 1 is 0.127 bits per heavy atom. The molecule has 0 saturated carbocycles. The third-order valence-electron chi connectivity index (χ3n) is 33.4. The van der Waals surface area contributed by atoms with Crippen LogP contribution in [0.15, 0.2) is 543 Å². The molecule has 694 valence electrons. The molecule has 0 aliphatic heterocycles. The molecule has 28 aromatic rings. The molecule has 4 heteroatoms. The van der Waals surface area contributed by atoms with Crippen LogP contribution >= 0.6 is 0 Å².